The summed E-state index contributed by atoms with van der Waals surface area (Å²) < 4.78 is 1.17. The zero-order valence-electron chi connectivity index (χ0n) is 11.3. The summed E-state index contributed by atoms with van der Waals surface area (Å²) >= 11 is 1.63. The molecule has 1 saturated carbocycles. The molecule has 0 spiro atoms. The average Bonchev–Trinajstić information content (AvgIpc) is 3.13. The molecule has 3 nitrogen and oxygen atoms in total. The Morgan fingerprint density at radius 2 is 2.10 bits per heavy atom. The number of fused-ring (bicyclic) bond motifs is 1. The average molecular weight is 289 g/mol. The lowest BCUT2D eigenvalue weighted by molar-refractivity contribution is -0.125. The van der Waals surface area contributed by atoms with E-state index in [0.717, 1.165) is 36.6 Å². The van der Waals surface area contributed by atoms with Crippen molar-refractivity contribution in [2.24, 2.45) is 5.92 Å². The maximum atomic E-state index is 12.0. The van der Waals surface area contributed by atoms with Crippen molar-refractivity contribution in [1.29, 1.82) is 0 Å². The summed E-state index contributed by atoms with van der Waals surface area (Å²) in [7, 11) is 0. The van der Waals surface area contributed by atoms with E-state index in [2.05, 4.69) is 5.32 Å². The van der Waals surface area contributed by atoms with Crippen LogP contribution in [0.3, 0.4) is 0 Å². The van der Waals surface area contributed by atoms with Crippen LogP contribution in [0.15, 0.2) is 29.6 Å². The number of hydrogen-bond donors (Lipinski definition) is 2. The van der Waals surface area contributed by atoms with Crippen LogP contribution in [0.4, 0.5) is 0 Å². The van der Waals surface area contributed by atoms with Crippen LogP contribution in [0.1, 0.15) is 37.4 Å². The van der Waals surface area contributed by atoms with Crippen molar-refractivity contribution >= 4 is 27.3 Å². The largest absolute Gasteiger partial charge is 0.387 e. The van der Waals surface area contributed by atoms with Crippen LogP contribution in [0.5, 0.6) is 0 Å². The Labute approximate surface area is 122 Å². The van der Waals surface area contributed by atoms with Gasteiger partial charge in [0.2, 0.25) is 5.91 Å². The van der Waals surface area contributed by atoms with Crippen LogP contribution >= 0.6 is 11.3 Å². The van der Waals surface area contributed by atoms with Crippen LogP contribution in [0.2, 0.25) is 0 Å². The summed E-state index contributed by atoms with van der Waals surface area (Å²) in [5, 5.41) is 16.3. The highest BCUT2D eigenvalue weighted by molar-refractivity contribution is 7.17. The molecule has 0 radical (unpaired) electrons. The van der Waals surface area contributed by atoms with Gasteiger partial charge in [0, 0.05) is 22.7 Å². The third kappa shape index (κ3) is 2.72. The molecule has 1 amide bonds. The number of carbonyl (C=O) groups is 1. The van der Waals surface area contributed by atoms with Gasteiger partial charge in [0.1, 0.15) is 0 Å². The van der Waals surface area contributed by atoms with Gasteiger partial charge in [-0.25, -0.2) is 0 Å². The second kappa shape index (κ2) is 5.94. The molecule has 0 saturated heterocycles. The smallest absolute Gasteiger partial charge is 0.223 e. The van der Waals surface area contributed by atoms with E-state index in [1.807, 2.05) is 29.6 Å². The molecule has 1 heterocycles. The fourth-order valence-electron chi connectivity index (χ4n) is 2.90. The van der Waals surface area contributed by atoms with Crippen molar-refractivity contribution in [3.63, 3.8) is 0 Å². The number of carbonyl (C=O) groups excluding carboxylic acids is 1. The van der Waals surface area contributed by atoms with Crippen LogP contribution in [-0.2, 0) is 4.79 Å². The van der Waals surface area contributed by atoms with Gasteiger partial charge in [-0.1, -0.05) is 31.0 Å². The van der Waals surface area contributed by atoms with E-state index in [1.165, 1.54) is 4.70 Å². The zero-order chi connectivity index (χ0) is 13.9. The van der Waals surface area contributed by atoms with E-state index in [4.69, 9.17) is 0 Å². The first-order chi connectivity index (χ1) is 9.75. The fraction of sp³-hybridized carbons (Fsp3) is 0.438. The number of amides is 1. The molecule has 2 N–H and O–H groups in total. The van der Waals surface area contributed by atoms with E-state index in [9.17, 15) is 9.90 Å². The lowest BCUT2D eigenvalue weighted by Crippen LogP contribution is -2.32. The highest BCUT2D eigenvalue weighted by Crippen LogP contribution is 2.30. The quantitative estimate of drug-likeness (QED) is 0.908. The minimum atomic E-state index is -0.628. The van der Waals surface area contributed by atoms with Gasteiger partial charge >= 0.3 is 0 Å². The van der Waals surface area contributed by atoms with Crippen LogP contribution in [-0.4, -0.2) is 17.6 Å². The van der Waals surface area contributed by atoms with Crippen molar-refractivity contribution in [2.45, 2.75) is 31.8 Å². The van der Waals surface area contributed by atoms with Gasteiger partial charge in [0.25, 0.3) is 0 Å². The predicted octanol–water partition coefficient (Wildman–Crippen LogP) is 3.24. The molecule has 3 rings (SSSR count). The van der Waals surface area contributed by atoms with Gasteiger partial charge in [-0.3, -0.25) is 4.79 Å². The Morgan fingerprint density at radius 3 is 2.90 bits per heavy atom. The minimum absolute atomic E-state index is 0.0982. The Kier molecular flexibility index (Phi) is 4.03. The van der Waals surface area contributed by atoms with E-state index < -0.39 is 6.10 Å². The molecule has 1 atom stereocenters. The first-order valence-electron chi connectivity index (χ1n) is 7.17. The van der Waals surface area contributed by atoms with Crippen molar-refractivity contribution in [1.82, 2.24) is 5.32 Å². The minimum Gasteiger partial charge on any atom is -0.387 e. The molecule has 1 aliphatic carbocycles. The number of rotatable bonds is 4. The predicted molar refractivity (Wildman–Crippen MR) is 81.8 cm³/mol. The lowest BCUT2D eigenvalue weighted by Gasteiger charge is -2.14. The maximum Gasteiger partial charge on any atom is 0.223 e. The van der Waals surface area contributed by atoms with Crippen LogP contribution in [0.25, 0.3) is 10.1 Å². The Balaban J connectivity index is 1.64. The molecule has 1 aromatic carbocycles. The third-order valence-corrected chi connectivity index (χ3v) is 5.05. The molecular weight excluding hydrogens is 270 g/mol. The third-order valence-electron chi connectivity index (χ3n) is 4.07. The highest BCUT2D eigenvalue weighted by atomic mass is 32.1. The number of aliphatic hydroxyl groups is 1. The maximum absolute atomic E-state index is 12.0. The molecule has 0 aliphatic heterocycles. The molecule has 0 bridgehead atoms. The van der Waals surface area contributed by atoms with E-state index in [1.54, 1.807) is 11.3 Å². The number of aliphatic hydroxyl groups excluding tert-OH is 1. The molecule has 1 aromatic heterocycles. The molecule has 1 unspecified atom stereocenters. The summed E-state index contributed by atoms with van der Waals surface area (Å²) in [4.78, 5) is 12.0. The number of benzene rings is 1. The summed E-state index contributed by atoms with van der Waals surface area (Å²) in [6, 6.07) is 8.04. The summed E-state index contributed by atoms with van der Waals surface area (Å²) in [5.74, 6) is 0.252. The summed E-state index contributed by atoms with van der Waals surface area (Å²) in [6.45, 7) is 0.302. The van der Waals surface area contributed by atoms with E-state index in [-0.39, 0.29) is 11.8 Å². The van der Waals surface area contributed by atoms with Gasteiger partial charge in [-0.2, -0.15) is 0 Å². The van der Waals surface area contributed by atoms with Gasteiger partial charge in [-0.05, 0) is 29.7 Å². The number of thiophene rings is 1. The van der Waals surface area contributed by atoms with E-state index in [0.29, 0.717) is 6.54 Å². The summed E-state index contributed by atoms with van der Waals surface area (Å²) in [6.07, 6.45) is 3.65. The topological polar surface area (TPSA) is 49.3 Å². The highest BCUT2D eigenvalue weighted by Gasteiger charge is 2.23. The normalized spacial score (nSPS) is 17.4. The molecule has 4 heteroatoms. The second-order valence-electron chi connectivity index (χ2n) is 5.43. The van der Waals surface area contributed by atoms with Crippen LogP contribution in [0, 0.1) is 5.92 Å². The van der Waals surface area contributed by atoms with Gasteiger partial charge in [-0.15, -0.1) is 11.3 Å². The molecule has 20 heavy (non-hydrogen) atoms. The molecule has 1 fully saturated rings. The summed E-state index contributed by atoms with van der Waals surface area (Å²) in [5.41, 5.74) is 0.914. The Morgan fingerprint density at radius 1 is 1.35 bits per heavy atom. The van der Waals surface area contributed by atoms with Crippen molar-refractivity contribution in [2.75, 3.05) is 6.54 Å². The van der Waals surface area contributed by atoms with Gasteiger partial charge in [0.15, 0.2) is 0 Å². The standard InChI is InChI=1S/C16H19NO2S/c18-14(9-17-16(19)11-5-1-2-6-11)13-10-20-15-8-4-3-7-12(13)15/h3-4,7-8,10-11,14,18H,1-2,5-6,9H2,(H,17,19). The zero-order valence-corrected chi connectivity index (χ0v) is 12.2. The Hall–Kier alpha value is -1.39. The van der Waals surface area contributed by atoms with Gasteiger partial charge in [0.05, 0.1) is 6.10 Å². The molecule has 2 aromatic rings. The second-order valence-corrected chi connectivity index (χ2v) is 6.34. The molecular formula is C16H19NO2S. The van der Waals surface area contributed by atoms with Crippen molar-refractivity contribution < 1.29 is 9.90 Å². The number of nitrogens with one attached hydrogen (secondary N) is 1. The Bertz CT molecular complexity index is 601. The monoisotopic (exact) mass is 289 g/mol. The van der Waals surface area contributed by atoms with Crippen molar-refractivity contribution in [3.8, 4) is 0 Å². The number of hydrogen-bond acceptors (Lipinski definition) is 3. The lowest BCUT2D eigenvalue weighted by atomic mass is 10.1. The van der Waals surface area contributed by atoms with Crippen molar-refractivity contribution in [3.05, 3.63) is 35.2 Å². The van der Waals surface area contributed by atoms with Gasteiger partial charge < -0.3 is 10.4 Å². The molecule has 1 aliphatic rings. The van der Waals surface area contributed by atoms with Crippen LogP contribution < -0.4 is 5.32 Å². The molecule has 106 valence electrons. The first kappa shape index (κ1) is 13.6. The van der Waals surface area contributed by atoms with E-state index >= 15 is 0 Å². The fourth-order valence-corrected chi connectivity index (χ4v) is 3.90. The SMILES string of the molecule is O=C(NCC(O)c1csc2ccccc12)C1CCCC1. The first-order valence-corrected chi connectivity index (χ1v) is 8.05.